The lowest BCUT2D eigenvalue weighted by atomic mass is 10.2. The lowest BCUT2D eigenvalue weighted by Gasteiger charge is -2.11. The van der Waals surface area contributed by atoms with Gasteiger partial charge in [-0.2, -0.15) is 0 Å². The zero-order chi connectivity index (χ0) is 14.3. The van der Waals surface area contributed by atoms with Crippen LogP contribution in [0.5, 0.6) is 0 Å². The zero-order valence-electron chi connectivity index (χ0n) is 10.2. The Labute approximate surface area is 116 Å². The fourth-order valence-electron chi connectivity index (χ4n) is 1.55. The van der Waals surface area contributed by atoms with Crippen LogP contribution in [0.1, 0.15) is 19.8 Å². The molecule has 0 spiro atoms. The number of hydrogen-bond acceptors (Lipinski definition) is 4. The van der Waals surface area contributed by atoms with E-state index in [1.807, 2.05) is 6.92 Å². The normalized spacial score (nSPS) is 17.2. The van der Waals surface area contributed by atoms with Crippen molar-refractivity contribution in [3.63, 3.8) is 0 Å². The van der Waals surface area contributed by atoms with Gasteiger partial charge in [0, 0.05) is 18.7 Å². The second-order valence-electron chi connectivity index (χ2n) is 5.01. The summed E-state index contributed by atoms with van der Waals surface area (Å²) in [6.45, 7) is 2.29. The Morgan fingerprint density at radius 2 is 2.11 bits per heavy atom. The molecule has 1 aliphatic carbocycles. The number of benzene rings is 1. The Hall–Kier alpha value is -1.18. The van der Waals surface area contributed by atoms with Gasteiger partial charge in [-0.05, 0) is 24.3 Å². The molecule has 0 unspecified atom stereocenters. The molecule has 0 amide bonds. The van der Waals surface area contributed by atoms with E-state index in [9.17, 15) is 18.5 Å². The van der Waals surface area contributed by atoms with Crippen molar-refractivity contribution < 1.29 is 13.3 Å². The van der Waals surface area contributed by atoms with Crippen LogP contribution in [0.3, 0.4) is 0 Å². The van der Waals surface area contributed by atoms with E-state index in [0.29, 0.717) is 6.54 Å². The summed E-state index contributed by atoms with van der Waals surface area (Å²) >= 11 is 5.81. The predicted octanol–water partition coefficient (Wildman–Crippen LogP) is 2.33. The summed E-state index contributed by atoms with van der Waals surface area (Å²) in [5.74, 6) is 0. The molecule has 0 bridgehead atoms. The lowest BCUT2D eigenvalue weighted by molar-refractivity contribution is -0.385. The molecular formula is C11H13ClN2O4S. The number of halogens is 1. The maximum Gasteiger partial charge on any atom is 0.270 e. The molecule has 1 aromatic rings. The number of sulfonamides is 1. The van der Waals surface area contributed by atoms with Gasteiger partial charge in [-0.25, -0.2) is 13.1 Å². The van der Waals surface area contributed by atoms with E-state index < -0.39 is 14.9 Å². The number of nitro groups is 1. The third-order valence-electron chi connectivity index (χ3n) is 3.21. The highest BCUT2D eigenvalue weighted by atomic mass is 35.5. The largest absolute Gasteiger partial charge is 0.270 e. The Bertz CT molecular complexity index is 626. The molecule has 0 atom stereocenters. The Morgan fingerprint density at radius 3 is 2.63 bits per heavy atom. The molecule has 1 saturated carbocycles. The first kappa shape index (κ1) is 14.2. The minimum Gasteiger partial charge on any atom is -0.258 e. The van der Waals surface area contributed by atoms with Crippen molar-refractivity contribution in [3.8, 4) is 0 Å². The molecule has 104 valence electrons. The second-order valence-corrected chi connectivity index (χ2v) is 7.15. The Kier molecular flexibility index (Phi) is 3.55. The quantitative estimate of drug-likeness (QED) is 0.668. The molecule has 0 saturated heterocycles. The number of nitrogens with zero attached hydrogens (tertiary/aromatic N) is 1. The first-order valence-electron chi connectivity index (χ1n) is 5.67. The summed E-state index contributed by atoms with van der Waals surface area (Å²) in [7, 11) is -3.83. The number of hydrogen-bond donors (Lipinski definition) is 1. The molecule has 0 aliphatic heterocycles. The summed E-state index contributed by atoms with van der Waals surface area (Å²) in [5, 5.41) is 10.6. The van der Waals surface area contributed by atoms with Crippen LogP contribution in [0.4, 0.5) is 5.69 Å². The van der Waals surface area contributed by atoms with Crippen LogP contribution in [0.15, 0.2) is 23.1 Å². The van der Waals surface area contributed by atoms with Gasteiger partial charge in [-0.3, -0.25) is 10.1 Å². The van der Waals surface area contributed by atoms with Gasteiger partial charge in [0.15, 0.2) is 0 Å². The molecular weight excluding hydrogens is 292 g/mol. The second kappa shape index (κ2) is 4.73. The minimum atomic E-state index is -3.83. The Balaban J connectivity index is 2.28. The van der Waals surface area contributed by atoms with Gasteiger partial charge in [0.25, 0.3) is 5.69 Å². The number of nitrogens with one attached hydrogen (secondary N) is 1. The molecule has 1 N–H and O–H groups in total. The van der Waals surface area contributed by atoms with E-state index in [-0.39, 0.29) is 21.0 Å². The summed E-state index contributed by atoms with van der Waals surface area (Å²) < 4.78 is 26.6. The molecule has 19 heavy (non-hydrogen) atoms. The van der Waals surface area contributed by atoms with Crippen molar-refractivity contribution in [1.82, 2.24) is 4.72 Å². The van der Waals surface area contributed by atoms with E-state index in [2.05, 4.69) is 4.72 Å². The predicted molar refractivity (Wildman–Crippen MR) is 70.6 cm³/mol. The standard InChI is InChI=1S/C11H13ClN2O4S/c1-11(4-5-11)7-13-19(17,18)10-6-8(14(15)16)2-3-9(10)12/h2-3,6,13H,4-5,7H2,1H3. The van der Waals surface area contributed by atoms with Crippen molar-refractivity contribution in [3.05, 3.63) is 33.3 Å². The van der Waals surface area contributed by atoms with E-state index in [1.165, 1.54) is 12.1 Å². The van der Waals surface area contributed by atoms with Gasteiger partial charge >= 0.3 is 0 Å². The minimum absolute atomic E-state index is 0.000258. The summed E-state index contributed by atoms with van der Waals surface area (Å²) in [6.07, 6.45) is 1.94. The van der Waals surface area contributed by atoms with Crippen LogP contribution >= 0.6 is 11.6 Å². The van der Waals surface area contributed by atoms with Crippen LogP contribution in [-0.4, -0.2) is 19.9 Å². The van der Waals surface area contributed by atoms with Gasteiger partial charge in [0.05, 0.1) is 9.95 Å². The molecule has 8 heteroatoms. The van der Waals surface area contributed by atoms with Crippen molar-refractivity contribution in [2.75, 3.05) is 6.54 Å². The smallest absolute Gasteiger partial charge is 0.258 e. The Morgan fingerprint density at radius 1 is 1.47 bits per heavy atom. The summed E-state index contributed by atoms with van der Waals surface area (Å²) in [5.41, 5.74) is -0.303. The van der Waals surface area contributed by atoms with Crippen LogP contribution in [0, 0.1) is 15.5 Å². The van der Waals surface area contributed by atoms with Gasteiger partial charge in [-0.15, -0.1) is 0 Å². The van der Waals surface area contributed by atoms with Gasteiger partial charge in [0.2, 0.25) is 10.0 Å². The fourth-order valence-corrected chi connectivity index (χ4v) is 3.27. The molecule has 1 aromatic carbocycles. The van der Waals surface area contributed by atoms with E-state index in [4.69, 9.17) is 11.6 Å². The maximum atomic E-state index is 12.1. The van der Waals surface area contributed by atoms with Crippen molar-refractivity contribution in [2.45, 2.75) is 24.7 Å². The number of rotatable bonds is 5. The van der Waals surface area contributed by atoms with Gasteiger partial charge in [0.1, 0.15) is 4.90 Å². The van der Waals surface area contributed by atoms with E-state index in [0.717, 1.165) is 18.9 Å². The van der Waals surface area contributed by atoms with E-state index >= 15 is 0 Å². The van der Waals surface area contributed by atoms with Crippen molar-refractivity contribution >= 4 is 27.3 Å². The van der Waals surface area contributed by atoms with Gasteiger partial charge < -0.3 is 0 Å². The van der Waals surface area contributed by atoms with E-state index in [1.54, 1.807) is 0 Å². The topological polar surface area (TPSA) is 89.3 Å². The summed E-state index contributed by atoms with van der Waals surface area (Å²) in [6, 6.07) is 3.36. The SMILES string of the molecule is CC1(CNS(=O)(=O)c2cc([N+](=O)[O-])ccc2Cl)CC1. The van der Waals surface area contributed by atoms with Crippen molar-refractivity contribution in [2.24, 2.45) is 5.41 Å². The first-order chi connectivity index (χ1) is 8.73. The molecule has 1 fully saturated rings. The molecule has 0 radical (unpaired) electrons. The van der Waals surface area contributed by atoms with Crippen LogP contribution in [0.2, 0.25) is 5.02 Å². The fraction of sp³-hybridized carbons (Fsp3) is 0.455. The van der Waals surface area contributed by atoms with Crippen LogP contribution in [-0.2, 0) is 10.0 Å². The third-order valence-corrected chi connectivity index (χ3v) is 5.09. The molecule has 0 heterocycles. The molecule has 0 aromatic heterocycles. The summed E-state index contributed by atoms with van der Waals surface area (Å²) in [4.78, 5) is 9.75. The van der Waals surface area contributed by atoms with Gasteiger partial charge in [-0.1, -0.05) is 18.5 Å². The molecule has 1 aliphatic rings. The highest BCUT2D eigenvalue weighted by Crippen LogP contribution is 2.44. The average molecular weight is 305 g/mol. The molecule has 2 rings (SSSR count). The number of non-ortho nitro benzene ring substituents is 1. The third kappa shape index (κ3) is 3.23. The maximum absolute atomic E-state index is 12.1. The first-order valence-corrected chi connectivity index (χ1v) is 7.53. The highest BCUT2D eigenvalue weighted by Gasteiger charge is 2.38. The average Bonchev–Trinajstić information content (AvgIpc) is 3.06. The van der Waals surface area contributed by atoms with Crippen LogP contribution in [0.25, 0.3) is 0 Å². The highest BCUT2D eigenvalue weighted by molar-refractivity contribution is 7.89. The monoisotopic (exact) mass is 304 g/mol. The molecule has 6 nitrogen and oxygen atoms in total. The zero-order valence-corrected chi connectivity index (χ0v) is 11.8. The van der Waals surface area contributed by atoms with Crippen molar-refractivity contribution in [1.29, 1.82) is 0 Å². The number of nitro benzene ring substituents is 1. The van der Waals surface area contributed by atoms with Crippen LogP contribution < -0.4 is 4.72 Å². The lowest BCUT2D eigenvalue weighted by Crippen LogP contribution is -2.29.